The third kappa shape index (κ3) is 4.03. The fourth-order valence-corrected chi connectivity index (χ4v) is 3.79. The Labute approximate surface area is 163 Å². The van der Waals surface area contributed by atoms with E-state index in [0.717, 1.165) is 12.0 Å². The first-order valence-corrected chi connectivity index (χ1v) is 9.62. The lowest BCUT2D eigenvalue weighted by atomic mass is 9.95. The fraction of sp³-hybridized carbons (Fsp3) is 0.526. The number of hydrogen-bond acceptors (Lipinski definition) is 3. The monoisotopic (exact) mass is 392 g/mol. The number of piperazine rings is 1. The lowest BCUT2D eigenvalue weighted by Gasteiger charge is -2.36. The zero-order chi connectivity index (χ0) is 19.7. The van der Waals surface area contributed by atoms with Crippen molar-refractivity contribution in [2.24, 2.45) is 5.92 Å². The lowest BCUT2D eigenvalue weighted by Crippen LogP contribution is -2.62. The van der Waals surface area contributed by atoms with Crippen LogP contribution in [0.2, 0.25) is 5.02 Å². The summed E-state index contributed by atoms with van der Waals surface area (Å²) in [4.78, 5) is 39.1. The number of halogens is 1. The summed E-state index contributed by atoms with van der Waals surface area (Å²) in [5, 5.41) is 9.02. The molecule has 3 rings (SSSR count). The third-order valence-electron chi connectivity index (χ3n) is 5.45. The Morgan fingerprint density at radius 3 is 2.85 bits per heavy atom. The standard InChI is InChI=1S/C19H25ClN4O3/c1-4-10(2)16-18(26)24-9-13(8-15(24)17(25)23-16)21-19(27)22-14-7-12(20)6-5-11(14)3/h5-7,10,13,15-16H,4,8-9H2,1-3H3,(H,23,25)(H2,21,22,27)/t10-,13-,15-,16-/m0/s1. The minimum Gasteiger partial charge on any atom is -0.342 e. The average Bonchev–Trinajstić information content (AvgIpc) is 3.05. The van der Waals surface area contributed by atoms with E-state index >= 15 is 0 Å². The molecule has 0 aliphatic carbocycles. The first kappa shape index (κ1) is 19.5. The molecule has 3 N–H and O–H groups in total. The van der Waals surface area contributed by atoms with Gasteiger partial charge in [0, 0.05) is 17.3 Å². The number of carbonyl (C=O) groups is 3. The van der Waals surface area contributed by atoms with Crippen molar-refractivity contribution < 1.29 is 14.4 Å². The van der Waals surface area contributed by atoms with Crippen molar-refractivity contribution in [2.45, 2.75) is 51.7 Å². The number of carbonyl (C=O) groups excluding carboxylic acids is 3. The summed E-state index contributed by atoms with van der Waals surface area (Å²) in [5.41, 5.74) is 1.52. The van der Waals surface area contributed by atoms with Crippen LogP contribution in [0, 0.1) is 12.8 Å². The van der Waals surface area contributed by atoms with Crippen LogP contribution in [0.1, 0.15) is 32.3 Å². The number of benzene rings is 1. The number of aryl methyl sites for hydroxylation is 1. The largest absolute Gasteiger partial charge is 0.342 e. The summed E-state index contributed by atoms with van der Waals surface area (Å²) < 4.78 is 0. The Bertz CT molecular complexity index is 769. The van der Waals surface area contributed by atoms with E-state index in [1.54, 1.807) is 17.0 Å². The van der Waals surface area contributed by atoms with E-state index in [4.69, 9.17) is 11.6 Å². The van der Waals surface area contributed by atoms with Crippen LogP contribution < -0.4 is 16.0 Å². The van der Waals surface area contributed by atoms with Crippen molar-refractivity contribution in [1.29, 1.82) is 0 Å². The number of anilines is 1. The molecule has 2 aliphatic heterocycles. The van der Waals surface area contributed by atoms with Gasteiger partial charge in [-0.05, 0) is 37.0 Å². The van der Waals surface area contributed by atoms with Gasteiger partial charge in [0.1, 0.15) is 12.1 Å². The van der Waals surface area contributed by atoms with Crippen LogP contribution in [0.4, 0.5) is 10.5 Å². The van der Waals surface area contributed by atoms with E-state index in [0.29, 0.717) is 23.7 Å². The van der Waals surface area contributed by atoms with Crippen LogP contribution >= 0.6 is 11.6 Å². The summed E-state index contributed by atoms with van der Waals surface area (Å²) in [5.74, 6) is -0.136. The number of fused-ring (bicyclic) bond motifs is 1. The highest BCUT2D eigenvalue weighted by atomic mass is 35.5. The van der Waals surface area contributed by atoms with Gasteiger partial charge in [0.05, 0.1) is 6.04 Å². The molecule has 2 saturated heterocycles. The number of amides is 4. The normalized spacial score (nSPS) is 25.6. The minimum absolute atomic E-state index is 0.0654. The molecule has 1 aromatic carbocycles. The highest BCUT2D eigenvalue weighted by Crippen LogP contribution is 2.26. The summed E-state index contributed by atoms with van der Waals surface area (Å²) in [6.07, 6.45) is 1.21. The molecule has 2 heterocycles. The van der Waals surface area contributed by atoms with Gasteiger partial charge in [-0.25, -0.2) is 4.79 Å². The molecule has 2 fully saturated rings. The maximum atomic E-state index is 12.7. The Morgan fingerprint density at radius 2 is 2.15 bits per heavy atom. The smallest absolute Gasteiger partial charge is 0.319 e. The molecule has 146 valence electrons. The highest BCUT2D eigenvalue weighted by molar-refractivity contribution is 6.31. The van der Waals surface area contributed by atoms with Gasteiger partial charge in [-0.15, -0.1) is 0 Å². The quantitative estimate of drug-likeness (QED) is 0.734. The topological polar surface area (TPSA) is 90.5 Å². The predicted molar refractivity (Wildman–Crippen MR) is 104 cm³/mol. The van der Waals surface area contributed by atoms with Crippen LogP contribution in [-0.4, -0.2) is 47.4 Å². The van der Waals surface area contributed by atoms with Crippen molar-refractivity contribution in [2.75, 3.05) is 11.9 Å². The van der Waals surface area contributed by atoms with E-state index in [1.807, 2.05) is 26.8 Å². The number of nitrogens with zero attached hydrogens (tertiary/aromatic N) is 1. The molecule has 7 nitrogen and oxygen atoms in total. The molecule has 0 aromatic heterocycles. The van der Waals surface area contributed by atoms with Gasteiger partial charge in [-0.1, -0.05) is 37.9 Å². The van der Waals surface area contributed by atoms with E-state index in [1.165, 1.54) is 0 Å². The van der Waals surface area contributed by atoms with Crippen molar-refractivity contribution in [3.05, 3.63) is 28.8 Å². The maximum Gasteiger partial charge on any atom is 0.319 e. The molecule has 27 heavy (non-hydrogen) atoms. The van der Waals surface area contributed by atoms with Crippen molar-refractivity contribution in [3.63, 3.8) is 0 Å². The average molecular weight is 393 g/mol. The molecule has 4 atom stereocenters. The van der Waals surface area contributed by atoms with Crippen molar-refractivity contribution >= 4 is 35.1 Å². The molecule has 2 aliphatic rings. The Hall–Kier alpha value is -2.28. The number of urea groups is 1. The fourth-order valence-electron chi connectivity index (χ4n) is 3.62. The molecule has 0 spiro atoms. The molecule has 1 aromatic rings. The maximum absolute atomic E-state index is 12.7. The number of hydrogen-bond donors (Lipinski definition) is 3. The van der Waals surface area contributed by atoms with Crippen LogP contribution in [0.3, 0.4) is 0 Å². The first-order valence-electron chi connectivity index (χ1n) is 9.24. The zero-order valence-electron chi connectivity index (χ0n) is 15.7. The number of rotatable bonds is 4. The molecule has 0 bridgehead atoms. The van der Waals surface area contributed by atoms with Gasteiger partial charge < -0.3 is 20.9 Å². The van der Waals surface area contributed by atoms with Gasteiger partial charge in [0.15, 0.2) is 0 Å². The minimum atomic E-state index is -0.518. The van der Waals surface area contributed by atoms with Gasteiger partial charge in [0.25, 0.3) is 0 Å². The lowest BCUT2D eigenvalue weighted by molar-refractivity contribution is -0.148. The molecule has 4 amide bonds. The molecule has 0 saturated carbocycles. The van der Waals surface area contributed by atoms with Crippen molar-refractivity contribution in [3.8, 4) is 0 Å². The zero-order valence-corrected chi connectivity index (χ0v) is 16.5. The second-order valence-corrected chi connectivity index (χ2v) is 7.80. The number of nitrogens with one attached hydrogen (secondary N) is 3. The summed E-state index contributed by atoms with van der Waals surface area (Å²) in [6.45, 7) is 6.16. The molecular weight excluding hydrogens is 368 g/mol. The van der Waals surface area contributed by atoms with Crippen LogP contribution in [0.15, 0.2) is 18.2 Å². The molecule has 0 unspecified atom stereocenters. The van der Waals surface area contributed by atoms with E-state index in [2.05, 4.69) is 16.0 Å². The highest BCUT2D eigenvalue weighted by Gasteiger charge is 2.47. The second kappa shape index (κ2) is 7.76. The third-order valence-corrected chi connectivity index (χ3v) is 5.68. The van der Waals surface area contributed by atoms with E-state index in [9.17, 15) is 14.4 Å². The van der Waals surface area contributed by atoms with Crippen LogP contribution in [-0.2, 0) is 9.59 Å². The van der Waals surface area contributed by atoms with E-state index < -0.39 is 12.1 Å². The Kier molecular flexibility index (Phi) is 5.60. The van der Waals surface area contributed by atoms with Crippen molar-refractivity contribution in [1.82, 2.24) is 15.5 Å². The molecule has 0 radical (unpaired) electrons. The van der Waals surface area contributed by atoms with Gasteiger partial charge in [0.2, 0.25) is 11.8 Å². The summed E-state index contributed by atoms with van der Waals surface area (Å²) in [6, 6.07) is 3.61. The van der Waals surface area contributed by atoms with E-state index in [-0.39, 0.29) is 29.8 Å². The second-order valence-electron chi connectivity index (χ2n) is 7.37. The predicted octanol–water partition coefficient (Wildman–Crippen LogP) is 2.28. The van der Waals surface area contributed by atoms with Crippen LogP contribution in [0.25, 0.3) is 0 Å². The summed E-state index contributed by atoms with van der Waals surface area (Å²) in [7, 11) is 0. The Morgan fingerprint density at radius 1 is 1.41 bits per heavy atom. The molecular formula is C19H25ClN4O3. The van der Waals surface area contributed by atoms with Gasteiger partial charge in [-0.3, -0.25) is 9.59 Å². The van der Waals surface area contributed by atoms with Gasteiger partial charge in [-0.2, -0.15) is 0 Å². The first-order chi connectivity index (χ1) is 12.8. The molecule has 8 heteroatoms. The Balaban J connectivity index is 1.63. The van der Waals surface area contributed by atoms with Gasteiger partial charge >= 0.3 is 6.03 Å². The summed E-state index contributed by atoms with van der Waals surface area (Å²) >= 11 is 5.98. The van der Waals surface area contributed by atoms with Crippen LogP contribution in [0.5, 0.6) is 0 Å². The SMILES string of the molecule is CC[C@H](C)[C@@H]1NC(=O)[C@@H]2C[C@H](NC(=O)Nc3cc(Cl)ccc3C)CN2C1=O.